The van der Waals surface area contributed by atoms with Crippen molar-refractivity contribution in [1.29, 1.82) is 0 Å². The predicted octanol–water partition coefficient (Wildman–Crippen LogP) is 16.3. The second kappa shape index (κ2) is 18.8. The van der Waals surface area contributed by atoms with Gasteiger partial charge >= 0.3 is 0 Å². The van der Waals surface area contributed by atoms with E-state index >= 15 is 0 Å². The van der Waals surface area contributed by atoms with Crippen molar-refractivity contribution >= 4 is 32.8 Å². The Morgan fingerprint density at radius 1 is 0.606 bits per heavy atom. The number of ether oxygens (including phenoxy) is 1. The monoisotopic (exact) mass is 1110 g/mol. The van der Waals surface area contributed by atoms with Crippen LogP contribution in [0.15, 0.2) is 188 Å². The molecule has 0 radical (unpaired) electrons. The molecule has 3 aromatic heterocycles. The molecule has 0 aliphatic heterocycles. The van der Waals surface area contributed by atoms with E-state index in [1.165, 1.54) is 0 Å². The Hall–Kier alpha value is -7.33. The normalized spacial score (nSPS) is 13.3. The first kappa shape index (κ1) is 40.4. The molecule has 0 unspecified atom stereocenters. The molecular weight excluding hydrogens is 1050 g/mol. The Morgan fingerprint density at radius 3 is 2.03 bits per heavy atom. The van der Waals surface area contributed by atoms with E-state index in [1.54, 1.807) is 6.20 Å². The molecule has 0 saturated carbocycles. The van der Waals surface area contributed by atoms with Crippen LogP contribution in [0.5, 0.6) is 11.5 Å². The van der Waals surface area contributed by atoms with Crippen molar-refractivity contribution in [3.05, 3.63) is 223 Å². The number of nitrogens with zero attached hydrogens (tertiary/aromatic N) is 4. The third-order valence-electron chi connectivity index (χ3n) is 13.1. The molecule has 354 valence electrons. The summed E-state index contributed by atoms with van der Waals surface area (Å²) >= 11 is 0. The van der Waals surface area contributed by atoms with Gasteiger partial charge in [0, 0.05) is 45.6 Å². The third-order valence-corrected chi connectivity index (χ3v) is 13.1. The second-order valence-electron chi connectivity index (χ2n) is 20.2. The van der Waals surface area contributed by atoms with Crippen molar-refractivity contribution in [3.8, 4) is 62.1 Å². The van der Waals surface area contributed by atoms with Gasteiger partial charge in [-0.25, -0.2) is 4.98 Å². The molecule has 0 fully saturated rings. The number of aromatic nitrogens is 4. The van der Waals surface area contributed by atoms with Crippen molar-refractivity contribution in [2.75, 3.05) is 0 Å². The molecule has 0 spiro atoms. The number of pyridine rings is 1. The Balaban J connectivity index is 0.00000672. The van der Waals surface area contributed by atoms with Gasteiger partial charge in [0.15, 0.2) is 0 Å². The Kier molecular flexibility index (Phi) is 10.7. The summed E-state index contributed by atoms with van der Waals surface area (Å²) in [5, 5.41) is 2.00. The van der Waals surface area contributed by atoms with Gasteiger partial charge in [-0.15, -0.1) is 29.7 Å². The van der Waals surface area contributed by atoms with E-state index in [2.05, 4.69) is 119 Å². The molecule has 0 amide bonds. The number of rotatable bonds is 9. The minimum Gasteiger partial charge on any atom is -0.510 e. The van der Waals surface area contributed by atoms with E-state index in [1.807, 2.05) is 120 Å². The fourth-order valence-corrected chi connectivity index (χ4v) is 9.29. The molecule has 11 rings (SSSR count). The summed E-state index contributed by atoms with van der Waals surface area (Å²) < 4.78 is 65.9. The number of hydrogen-bond acceptors (Lipinski definition) is 2. The van der Waals surface area contributed by atoms with Gasteiger partial charge in [0.25, 0.3) is 6.33 Å². The minimum absolute atomic E-state index is 0. The molecule has 0 aliphatic carbocycles. The summed E-state index contributed by atoms with van der Waals surface area (Å²) in [7, 11) is 0. The second-order valence-corrected chi connectivity index (χ2v) is 20.2. The fourth-order valence-electron chi connectivity index (χ4n) is 9.29. The standard InChI is InChI=1S/C65H56N4O.Pt/c1-43(2)46-33-34-66-62(38-46)69-58-32-29-47(44-19-11-9-12-20-44)37-57(58)56-31-30-53(41-61(56)69)70-52-24-17-23-51(40-52)67-42-68(60-28-16-15-27-59(60)67)63-54(45-21-13-10-14-22-45)25-18-26-55(63)48-35-49(64(3,4)5)39-50(36-48)65(6,7)8;/h9-39,43H,1-8H3;/q-2;/i10D,13D,14D,21D,22D,43D;. The molecule has 3 heterocycles. The molecule has 5 nitrogen and oxygen atoms in total. The summed E-state index contributed by atoms with van der Waals surface area (Å²) in [6.45, 7) is 16.9. The first-order valence-corrected chi connectivity index (χ1v) is 23.7. The Labute approximate surface area is 440 Å². The Bertz CT molecular complexity index is 4050. The van der Waals surface area contributed by atoms with Crippen LogP contribution >= 0.6 is 0 Å². The maximum Gasteiger partial charge on any atom is 0.268 e. The van der Waals surface area contributed by atoms with E-state index in [4.69, 9.17) is 15.2 Å². The molecule has 0 aliphatic rings. The average molecular weight is 1110 g/mol. The largest absolute Gasteiger partial charge is 0.510 e. The van der Waals surface area contributed by atoms with E-state index in [0.717, 1.165) is 71.8 Å². The van der Waals surface area contributed by atoms with Crippen LogP contribution in [0.4, 0.5) is 0 Å². The van der Waals surface area contributed by atoms with Gasteiger partial charge in [0.2, 0.25) is 0 Å². The average Bonchev–Trinajstić information content (AvgIpc) is 4.01. The maximum absolute atomic E-state index is 9.23. The number of imidazole rings is 1. The van der Waals surface area contributed by atoms with E-state index in [9.17, 15) is 2.74 Å². The molecule has 0 bridgehead atoms. The zero-order valence-electron chi connectivity index (χ0n) is 47.0. The molecule has 11 aromatic rings. The van der Waals surface area contributed by atoms with Crippen LogP contribution < -0.4 is 9.30 Å². The van der Waals surface area contributed by atoms with Gasteiger partial charge in [0.1, 0.15) is 5.82 Å². The summed E-state index contributed by atoms with van der Waals surface area (Å²) in [6.07, 6.45) is 5.42. The maximum atomic E-state index is 9.23. The molecule has 0 saturated heterocycles. The van der Waals surface area contributed by atoms with Gasteiger partial charge in [0.05, 0.1) is 23.6 Å². The van der Waals surface area contributed by atoms with Crippen molar-refractivity contribution in [3.63, 3.8) is 0 Å². The zero-order valence-corrected chi connectivity index (χ0v) is 43.3. The van der Waals surface area contributed by atoms with Crippen molar-refractivity contribution in [2.45, 2.75) is 72.1 Å². The van der Waals surface area contributed by atoms with Crippen LogP contribution in [0.1, 0.15) is 86.2 Å². The van der Waals surface area contributed by atoms with Gasteiger partial charge in [-0.1, -0.05) is 194 Å². The van der Waals surface area contributed by atoms with Crippen molar-refractivity contribution in [1.82, 2.24) is 14.1 Å². The van der Waals surface area contributed by atoms with Crippen LogP contribution in [-0.2, 0) is 31.9 Å². The minimum atomic E-state index is -0.846. The van der Waals surface area contributed by atoms with E-state index < -0.39 is 24.0 Å². The summed E-state index contributed by atoms with van der Waals surface area (Å²) in [4.78, 5) is 4.84. The van der Waals surface area contributed by atoms with Gasteiger partial charge in [-0.2, -0.15) is 18.2 Å². The van der Waals surface area contributed by atoms with Gasteiger partial charge in [-0.3, -0.25) is 4.57 Å². The molecule has 0 N–H and O–H groups in total. The fraction of sp³-hybridized carbons (Fsp3) is 0.169. The van der Waals surface area contributed by atoms with Crippen LogP contribution in [-0.4, -0.2) is 14.1 Å². The molecule has 71 heavy (non-hydrogen) atoms. The molecular formula is C65H56N4OPt-2. The number of benzene rings is 8. The topological polar surface area (TPSA) is 35.9 Å². The van der Waals surface area contributed by atoms with E-state index in [0.29, 0.717) is 34.3 Å². The first-order chi connectivity index (χ1) is 36.2. The van der Waals surface area contributed by atoms with Crippen LogP contribution in [0, 0.1) is 18.5 Å². The summed E-state index contributed by atoms with van der Waals surface area (Å²) in [6, 6.07) is 55.9. The predicted molar refractivity (Wildman–Crippen MR) is 288 cm³/mol. The van der Waals surface area contributed by atoms with Gasteiger partial charge < -0.3 is 13.9 Å². The molecule has 0 atom stereocenters. The molecule has 6 heteroatoms. The van der Waals surface area contributed by atoms with E-state index in [-0.39, 0.29) is 49.5 Å². The SMILES string of the molecule is [2H]c1c([2H])c([2H])c(-c2cccc(-c3cc(C(C)(C)C)cc(C(C)(C)C)c3)c2-[n+]2[c-]n(-c3[c-]c(Oc4[c-]c5c(cc4)c4cc(-c6ccccc6)ccc4n5-c4cc(C([2H])(C)C)ccn4)ccc3)c3ccccc32)c([2H])c1[2H].[Pt]. The third kappa shape index (κ3) is 9.05. The summed E-state index contributed by atoms with van der Waals surface area (Å²) in [5.74, 6) is 0.723. The number of fused-ring (bicyclic) bond motifs is 4. The number of para-hydroxylation sites is 3. The zero-order chi connectivity index (χ0) is 53.6. The van der Waals surface area contributed by atoms with Crippen LogP contribution in [0.3, 0.4) is 0 Å². The quantitative estimate of drug-likeness (QED) is 0.107. The first-order valence-electron chi connectivity index (χ1n) is 26.7. The summed E-state index contributed by atoms with van der Waals surface area (Å²) in [5.41, 5.74) is 11.7. The van der Waals surface area contributed by atoms with Crippen molar-refractivity contribution in [2.24, 2.45) is 0 Å². The van der Waals surface area contributed by atoms with Crippen molar-refractivity contribution < 1.29 is 38.6 Å². The molecule has 8 aromatic carbocycles. The van der Waals surface area contributed by atoms with Crippen LogP contribution in [0.2, 0.25) is 0 Å². The smallest absolute Gasteiger partial charge is 0.268 e. The number of hydrogen-bond donors (Lipinski definition) is 0. The Morgan fingerprint density at radius 2 is 1.30 bits per heavy atom. The van der Waals surface area contributed by atoms with Crippen LogP contribution in [0.25, 0.3) is 83.4 Å². The van der Waals surface area contributed by atoms with Gasteiger partial charge in [-0.05, 0) is 96.1 Å².